The number of nitrogens with one attached hydrogen (secondary N) is 1. The quantitative estimate of drug-likeness (QED) is 0.446. The lowest BCUT2D eigenvalue weighted by molar-refractivity contribution is -0.384. The number of hydrogen-bond acceptors (Lipinski definition) is 5. The molecule has 1 aromatic rings. The number of hydrogen-bond donors (Lipinski definition) is 3. The molecule has 0 radical (unpaired) electrons. The van der Waals surface area contributed by atoms with Crippen molar-refractivity contribution < 1.29 is 14.8 Å². The Labute approximate surface area is 122 Å². The number of carbonyl (C=O) groups is 1. The fourth-order valence-electron chi connectivity index (χ4n) is 2.78. The van der Waals surface area contributed by atoms with Gasteiger partial charge in [0.2, 0.25) is 5.91 Å². The molecule has 0 unspecified atom stereocenters. The molecule has 1 aliphatic carbocycles. The minimum Gasteiger partial charge on any atom is -0.508 e. The fourth-order valence-corrected chi connectivity index (χ4v) is 2.78. The molecular formula is C14H19N3O4. The molecule has 1 saturated carbocycles. The van der Waals surface area contributed by atoms with Crippen LogP contribution in [0.5, 0.6) is 5.75 Å². The van der Waals surface area contributed by atoms with Crippen LogP contribution in [0.4, 0.5) is 11.4 Å². The van der Waals surface area contributed by atoms with Crippen LogP contribution in [0.15, 0.2) is 18.2 Å². The number of amides is 1. The third-order valence-electron chi connectivity index (χ3n) is 4.11. The number of benzene rings is 1. The van der Waals surface area contributed by atoms with E-state index in [9.17, 15) is 20.0 Å². The van der Waals surface area contributed by atoms with Gasteiger partial charge in [0.1, 0.15) is 11.4 Å². The topological polar surface area (TPSA) is 118 Å². The Hall–Kier alpha value is -2.15. The van der Waals surface area contributed by atoms with E-state index in [0.717, 1.165) is 25.3 Å². The highest BCUT2D eigenvalue weighted by atomic mass is 16.6. The summed E-state index contributed by atoms with van der Waals surface area (Å²) >= 11 is 0. The van der Waals surface area contributed by atoms with Gasteiger partial charge >= 0.3 is 0 Å². The summed E-state index contributed by atoms with van der Waals surface area (Å²) in [4.78, 5) is 22.9. The summed E-state index contributed by atoms with van der Waals surface area (Å²) in [6, 6.07) is 3.66. The maximum Gasteiger partial charge on any atom is 0.296 e. The molecule has 0 aromatic heterocycles. The molecule has 0 bridgehead atoms. The van der Waals surface area contributed by atoms with Crippen molar-refractivity contribution in [1.29, 1.82) is 0 Å². The SMILES string of the molecule is NCC1(C(=O)Nc2ccc(O)cc2[N+](=O)[O-])CCCCC1. The molecule has 21 heavy (non-hydrogen) atoms. The van der Waals surface area contributed by atoms with Gasteiger partial charge in [-0.15, -0.1) is 0 Å². The van der Waals surface area contributed by atoms with E-state index in [1.807, 2.05) is 0 Å². The lowest BCUT2D eigenvalue weighted by Crippen LogP contribution is -2.43. The van der Waals surface area contributed by atoms with Gasteiger partial charge in [0.05, 0.1) is 16.4 Å². The Morgan fingerprint density at radius 3 is 2.62 bits per heavy atom. The van der Waals surface area contributed by atoms with Crippen LogP contribution in [0.3, 0.4) is 0 Å². The molecule has 4 N–H and O–H groups in total. The van der Waals surface area contributed by atoms with Crippen LogP contribution in [-0.2, 0) is 4.79 Å². The predicted molar refractivity (Wildman–Crippen MR) is 78.0 cm³/mol. The molecule has 0 saturated heterocycles. The number of nitrogens with zero attached hydrogens (tertiary/aromatic N) is 1. The van der Waals surface area contributed by atoms with E-state index in [4.69, 9.17) is 5.73 Å². The summed E-state index contributed by atoms with van der Waals surface area (Å²) in [7, 11) is 0. The van der Waals surface area contributed by atoms with E-state index in [-0.39, 0.29) is 29.6 Å². The number of phenols is 1. The molecular weight excluding hydrogens is 274 g/mol. The first-order chi connectivity index (χ1) is 9.98. The van der Waals surface area contributed by atoms with Crippen molar-refractivity contribution in [3.05, 3.63) is 28.3 Å². The third kappa shape index (κ3) is 3.13. The van der Waals surface area contributed by atoms with Crippen LogP contribution >= 0.6 is 0 Å². The summed E-state index contributed by atoms with van der Waals surface area (Å²) in [5.41, 5.74) is 4.89. The van der Waals surface area contributed by atoms with Crippen LogP contribution < -0.4 is 11.1 Å². The van der Waals surface area contributed by atoms with E-state index >= 15 is 0 Å². The van der Waals surface area contributed by atoms with E-state index in [0.29, 0.717) is 12.8 Å². The lowest BCUT2D eigenvalue weighted by atomic mass is 9.73. The van der Waals surface area contributed by atoms with Gasteiger partial charge in [-0.3, -0.25) is 14.9 Å². The zero-order chi connectivity index (χ0) is 15.5. The second kappa shape index (κ2) is 6.09. The fraction of sp³-hybridized carbons (Fsp3) is 0.500. The summed E-state index contributed by atoms with van der Waals surface area (Å²) in [6.45, 7) is 0.227. The van der Waals surface area contributed by atoms with E-state index in [1.54, 1.807) is 0 Å². The number of phenolic OH excluding ortho intramolecular Hbond substituents is 1. The van der Waals surface area contributed by atoms with Crippen LogP contribution in [0.25, 0.3) is 0 Å². The lowest BCUT2D eigenvalue weighted by Gasteiger charge is -2.34. The standard InChI is InChI=1S/C14H19N3O4/c15-9-14(6-2-1-3-7-14)13(19)16-11-5-4-10(18)8-12(11)17(20)21/h4-5,8,18H,1-3,6-7,9,15H2,(H,16,19). The van der Waals surface area contributed by atoms with Crippen molar-refractivity contribution in [2.24, 2.45) is 11.1 Å². The second-order valence-corrected chi connectivity index (χ2v) is 5.46. The molecule has 0 atom stereocenters. The first kappa shape index (κ1) is 15.2. The van der Waals surface area contributed by atoms with Gasteiger partial charge in [-0.2, -0.15) is 0 Å². The number of anilines is 1. The monoisotopic (exact) mass is 293 g/mol. The Morgan fingerprint density at radius 2 is 2.05 bits per heavy atom. The number of nitro benzene ring substituents is 1. The zero-order valence-electron chi connectivity index (χ0n) is 11.7. The highest BCUT2D eigenvalue weighted by molar-refractivity contribution is 5.97. The predicted octanol–water partition coefficient (Wildman–Crippen LogP) is 2.15. The summed E-state index contributed by atoms with van der Waals surface area (Å²) in [5.74, 6) is -0.496. The van der Waals surface area contributed by atoms with Gasteiger partial charge in [0.15, 0.2) is 0 Å². The molecule has 0 aliphatic heterocycles. The highest BCUT2D eigenvalue weighted by Gasteiger charge is 2.38. The van der Waals surface area contributed by atoms with Gasteiger partial charge in [-0.05, 0) is 25.0 Å². The average Bonchev–Trinajstić information content (AvgIpc) is 2.49. The maximum absolute atomic E-state index is 12.5. The molecule has 7 heteroatoms. The molecule has 0 spiro atoms. The summed E-state index contributed by atoms with van der Waals surface area (Å²) < 4.78 is 0. The minimum absolute atomic E-state index is 0.0844. The Kier molecular flexibility index (Phi) is 4.42. The Bertz CT molecular complexity index is 553. The normalized spacial score (nSPS) is 17.2. The number of nitrogens with two attached hydrogens (primary N) is 1. The maximum atomic E-state index is 12.5. The third-order valence-corrected chi connectivity index (χ3v) is 4.11. The van der Waals surface area contributed by atoms with Crippen LogP contribution in [0.1, 0.15) is 32.1 Å². The van der Waals surface area contributed by atoms with Gasteiger partial charge in [0, 0.05) is 6.54 Å². The number of aromatic hydroxyl groups is 1. The largest absolute Gasteiger partial charge is 0.508 e. The summed E-state index contributed by atoms with van der Waals surface area (Å²) in [5, 5.41) is 22.9. The van der Waals surface area contributed by atoms with Crippen LogP contribution in [0.2, 0.25) is 0 Å². The molecule has 0 heterocycles. The summed E-state index contributed by atoms with van der Waals surface area (Å²) in [6.07, 6.45) is 4.33. The molecule has 1 fully saturated rings. The smallest absolute Gasteiger partial charge is 0.296 e. The van der Waals surface area contributed by atoms with Gasteiger partial charge in [-0.25, -0.2) is 0 Å². The van der Waals surface area contributed by atoms with Crippen LogP contribution in [0, 0.1) is 15.5 Å². The van der Waals surface area contributed by atoms with Crippen molar-refractivity contribution >= 4 is 17.3 Å². The number of rotatable bonds is 4. The van der Waals surface area contributed by atoms with E-state index < -0.39 is 10.3 Å². The van der Waals surface area contributed by atoms with Crippen molar-refractivity contribution in [3.63, 3.8) is 0 Å². The van der Waals surface area contributed by atoms with Gasteiger partial charge in [0.25, 0.3) is 5.69 Å². The van der Waals surface area contributed by atoms with Crippen molar-refractivity contribution in [2.45, 2.75) is 32.1 Å². The Balaban J connectivity index is 2.24. The first-order valence-corrected chi connectivity index (χ1v) is 6.97. The van der Waals surface area contributed by atoms with Crippen molar-refractivity contribution in [2.75, 3.05) is 11.9 Å². The molecule has 2 rings (SSSR count). The number of carbonyl (C=O) groups excluding carboxylic acids is 1. The molecule has 1 amide bonds. The minimum atomic E-state index is -0.649. The van der Waals surface area contributed by atoms with Crippen molar-refractivity contribution in [3.8, 4) is 5.75 Å². The van der Waals surface area contributed by atoms with E-state index in [1.165, 1.54) is 12.1 Å². The van der Waals surface area contributed by atoms with Crippen LogP contribution in [-0.4, -0.2) is 22.5 Å². The zero-order valence-corrected chi connectivity index (χ0v) is 11.7. The van der Waals surface area contributed by atoms with E-state index in [2.05, 4.69) is 5.32 Å². The van der Waals surface area contributed by atoms with Crippen molar-refractivity contribution in [1.82, 2.24) is 0 Å². The van der Waals surface area contributed by atoms with Gasteiger partial charge < -0.3 is 16.2 Å². The molecule has 114 valence electrons. The van der Waals surface area contributed by atoms with Gasteiger partial charge in [-0.1, -0.05) is 19.3 Å². The first-order valence-electron chi connectivity index (χ1n) is 6.97. The molecule has 1 aromatic carbocycles. The average molecular weight is 293 g/mol. The molecule has 7 nitrogen and oxygen atoms in total. The second-order valence-electron chi connectivity index (χ2n) is 5.46. The number of nitro groups is 1. The Morgan fingerprint density at radius 1 is 1.38 bits per heavy atom. The highest BCUT2D eigenvalue weighted by Crippen LogP contribution is 2.37. The molecule has 1 aliphatic rings.